The van der Waals surface area contributed by atoms with Crippen LogP contribution in [0.25, 0.3) is 0 Å². The minimum absolute atomic E-state index is 0.158. The van der Waals surface area contributed by atoms with Crippen LogP contribution in [0.15, 0.2) is 18.2 Å². The molecule has 3 amide bonds. The summed E-state index contributed by atoms with van der Waals surface area (Å²) in [4.78, 5) is 37.7. The summed E-state index contributed by atoms with van der Waals surface area (Å²) in [5, 5.41) is 11.0. The Morgan fingerprint density at radius 2 is 1.44 bits per heavy atom. The molecule has 232 valence electrons. The van der Waals surface area contributed by atoms with Crippen LogP contribution in [-0.2, 0) is 11.0 Å². The molecule has 1 aromatic carbocycles. The molecule has 1 heterocycles. The third kappa shape index (κ3) is 8.67. The van der Waals surface area contributed by atoms with Crippen LogP contribution in [-0.4, -0.2) is 57.4 Å². The van der Waals surface area contributed by atoms with Crippen LogP contribution in [0, 0.1) is 10.1 Å². The summed E-state index contributed by atoms with van der Waals surface area (Å²) in [5.41, 5.74) is -4.53. The van der Waals surface area contributed by atoms with E-state index in [1.165, 1.54) is 30.5 Å². The number of hydrogen-bond donors (Lipinski definition) is 0. The summed E-state index contributed by atoms with van der Waals surface area (Å²) in [6.07, 6.45) is -7.72. The summed E-state index contributed by atoms with van der Waals surface area (Å²) < 4.78 is 102. The van der Waals surface area contributed by atoms with Crippen molar-refractivity contribution < 1.29 is 49.6 Å². The van der Waals surface area contributed by atoms with Crippen LogP contribution in [0.1, 0.15) is 70.8 Å². The lowest BCUT2D eigenvalue weighted by atomic mass is 10.0. The molecule has 41 heavy (non-hydrogen) atoms. The monoisotopic (exact) mass is 621 g/mol. The first kappa shape index (κ1) is 34.6. The highest BCUT2D eigenvalue weighted by Gasteiger charge is 2.56. The lowest BCUT2D eigenvalue weighted by Gasteiger charge is -2.27. The van der Waals surface area contributed by atoms with Gasteiger partial charge in [0.05, 0.1) is 10.6 Å². The average Bonchev–Trinajstić information content (AvgIpc) is 3.01. The smallest absolute Gasteiger partial charge is 0.310 e. The molecule has 7 nitrogen and oxygen atoms in total. The number of anilines is 1. The van der Waals surface area contributed by atoms with E-state index in [1.807, 2.05) is 0 Å². The van der Waals surface area contributed by atoms with Gasteiger partial charge < -0.3 is 4.90 Å². The lowest BCUT2D eigenvalue weighted by molar-refractivity contribution is -0.388. The molecule has 0 saturated carbocycles. The Kier molecular flexibility index (Phi) is 11.4. The number of nitro groups is 1. The minimum Gasteiger partial charge on any atom is -0.310 e. The summed E-state index contributed by atoms with van der Waals surface area (Å²) in [6, 6.07) is 1.13. The number of hydrogen-bond acceptors (Lipinski definition) is 5. The quantitative estimate of drug-likeness (QED) is 0.0648. The molecule has 0 aromatic heterocycles. The predicted octanol–water partition coefficient (Wildman–Crippen LogP) is 8.21. The first-order chi connectivity index (χ1) is 18.8. The van der Waals surface area contributed by atoms with Crippen molar-refractivity contribution in [3.05, 3.63) is 33.9 Å². The van der Waals surface area contributed by atoms with E-state index in [4.69, 9.17) is 0 Å². The van der Waals surface area contributed by atoms with Gasteiger partial charge in [-0.2, -0.15) is 46.9 Å². The molecule has 0 spiro atoms. The van der Waals surface area contributed by atoms with Crippen molar-refractivity contribution in [1.29, 1.82) is 0 Å². The largest absolute Gasteiger partial charge is 0.453 e. The van der Waals surface area contributed by atoms with E-state index in [0.717, 1.165) is 31.7 Å². The molecular formula is C25H31F8N3O4S. The van der Waals surface area contributed by atoms with Gasteiger partial charge in [0.2, 0.25) is 0 Å². The number of nitro benzene ring substituents is 1. The first-order valence-electron chi connectivity index (χ1n) is 12.9. The van der Waals surface area contributed by atoms with Crippen molar-refractivity contribution in [2.45, 2.75) is 89.0 Å². The number of amides is 3. The van der Waals surface area contributed by atoms with Gasteiger partial charge in [0, 0.05) is 19.0 Å². The summed E-state index contributed by atoms with van der Waals surface area (Å²) in [6.45, 7) is 3.09. The highest BCUT2D eigenvalue weighted by molar-refractivity contribution is 7.99. The number of rotatable bonds is 15. The zero-order valence-electron chi connectivity index (χ0n) is 22.4. The Hall–Kier alpha value is -2.65. The normalized spacial score (nSPS) is 16.1. The number of halogens is 8. The molecule has 16 heteroatoms. The number of alkyl halides is 8. The number of unbranched alkanes of at least 4 members (excludes halogenated alkanes) is 5. The van der Waals surface area contributed by atoms with Crippen molar-refractivity contribution in [2.24, 2.45) is 0 Å². The van der Waals surface area contributed by atoms with E-state index in [9.17, 15) is 54.8 Å². The predicted molar refractivity (Wildman–Crippen MR) is 137 cm³/mol. The van der Waals surface area contributed by atoms with Gasteiger partial charge in [-0.05, 0) is 56.7 Å². The van der Waals surface area contributed by atoms with E-state index in [-0.39, 0.29) is 18.7 Å². The fourth-order valence-corrected chi connectivity index (χ4v) is 5.27. The van der Waals surface area contributed by atoms with Crippen LogP contribution in [0.3, 0.4) is 0 Å². The Morgan fingerprint density at radius 3 is 2.00 bits per heavy atom. The minimum atomic E-state index is -5.53. The zero-order valence-corrected chi connectivity index (χ0v) is 23.2. The number of urea groups is 1. The molecule has 0 bridgehead atoms. The number of imide groups is 1. The van der Waals surface area contributed by atoms with Gasteiger partial charge in [0.1, 0.15) is 11.1 Å². The molecule has 1 aromatic rings. The third-order valence-electron chi connectivity index (χ3n) is 6.68. The zero-order chi connectivity index (χ0) is 31.2. The van der Waals surface area contributed by atoms with Gasteiger partial charge in [0.25, 0.3) is 11.6 Å². The summed E-state index contributed by atoms with van der Waals surface area (Å²) in [5.74, 6) is -4.59. The van der Waals surface area contributed by atoms with Gasteiger partial charge in [-0.15, -0.1) is 0 Å². The molecule has 0 aliphatic carbocycles. The van der Waals surface area contributed by atoms with E-state index < -0.39 is 64.0 Å². The van der Waals surface area contributed by atoms with E-state index in [2.05, 4.69) is 0 Å². The van der Waals surface area contributed by atoms with E-state index in [0.29, 0.717) is 35.6 Å². The second-order valence-electron chi connectivity index (χ2n) is 10.1. The second-order valence-corrected chi connectivity index (χ2v) is 11.4. The van der Waals surface area contributed by atoms with Gasteiger partial charge in [-0.25, -0.2) is 9.69 Å². The Labute approximate surface area is 235 Å². The van der Waals surface area contributed by atoms with E-state index >= 15 is 0 Å². The summed E-state index contributed by atoms with van der Waals surface area (Å²) >= 11 is 1.32. The third-order valence-corrected chi connectivity index (χ3v) is 7.83. The Balaban J connectivity index is 1.78. The highest BCUT2D eigenvalue weighted by atomic mass is 32.2. The van der Waals surface area contributed by atoms with Crippen molar-refractivity contribution in [1.82, 2.24) is 4.90 Å². The number of benzene rings is 1. The molecule has 0 N–H and O–H groups in total. The number of nitrogens with zero attached hydrogens (tertiary/aromatic N) is 3. The molecule has 0 atom stereocenters. The fraction of sp³-hybridized carbons (Fsp3) is 0.680. The van der Waals surface area contributed by atoms with Gasteiger partial charge >= 0.3 is 24.3 Å². The molecule has 0 unspecified atom stereocenters. The van der Waals surface area contributed by atoms with Crippen molar-refractivity contribution >= 4 is 35.1 Å². The Morgan fingerprint density at radius 1 is 0.878 bits per heavy atom. The fourth-order valence-electron chi connectivity index (χ4n) is 4.31. The number of carbonyl (C=O) groups excluding carboxylic acids is 2. The maximum atomic E-state index is 13.4. The van der Waals surface area contributed by atoms with Crippen LogP contribution in [0.5, 0.6) is 0 Å². The molecule has 1 aliphatic rings. The maximum Gasteiger partial charge on any atom is 0.453 e. The van der Waals surface area contributed by atoms with Crippen molar-refractivity contribution in [3.8, 4) is 0 Å². The van der Waals surface area contributed by atoms with Gasteiger partial charge in [-0.3, -0.25) is 14.9 Å². The van der Waals surface area contributed by atoms with Gasteiger partial charge in [-0.1, -0.05) is 25.7 Å². The van der Waals surface area contributed by atoms with Crippen LogP contribution in [0.2, 0.25) is 0 Å². The summed E-state index contributed by atoms with van der Waals surface area (Å²) in [7, 11) is 0. The van der Waals surface area contributed by atoms with Gasteiger partial charge in [0.15, 0.2) is 0 Å². The molecule has 1 saturated heterocycles. The number of carbonyl (C=O) groups is 2. The van der Waals surface area contributed by atoms with Crippen LogP contribution in [0.4, 0.5) is 51.3 Å². The molecule has 2 rings (SSSR count). The maximum absolute atomic E-state index is 13.4. The standard InChI is InChI=1S/C25H31F8N3O4S/c1-22(2)20(37)35(17-10-11-19(36(39)40)18(16-17)24(28,29)30)21(38)34(22)13-7-5-3-4-6-8-14-41-15-9-12-23(26,27)25(31,32)33/h10-11,16H,3-9,12-15H2,1-2H3. The topological polar surface area (TPSA) is 83.8 Å². The average molecular weight is 622 g/mol. The second kappa shape index (κ2) is 13.6. The van der Waals surface area contributed by atoms with Crippen molar-refractivity contribution in [3.63, 3.8) is 0 Å². The first-order valence-corrected chi connectivity index (χ1v) is 14.0. The van der Waals surface area contributed by atoms with E-state index in [1.54, 1.807) is 0 Å². The SMILES string of the molecule is CC1(C)C(=O)N(c2ccc([N+](=O)[O-])c(C(F)(F)F)c2)C(=O)N1CCCCCCCCSCCCC(F)(F)C(F)(F)F. The molecule has 1 aliphatic heterocycles. The number of thioether (sulfide) groups is 1. The van der Waals surface area contributed by atoms with Crippen LogP contribution < -0.4 is 4.90 Å². The Bertz CT molecular complexity index is 1100. The molecular weight excluding hydrogens is 590 g/mol. The van der Waals surface area contributed by atoms with Crippen LogP contribution >= 0.6 is 11.8 Å². The van der Waals surface area contributed by atoms with Crippen molar-refractivity contribution in [2.75, 3.05) is 23.0 Å². The lowest BCUT2D eigenvalue weighted by Crippen LogP contribution is -2.44. The molecule has 0 radical (unpaired) electrons. The molecule has 1 fully saturated rings. The highest BCUT2D eigenvalue weighted by Crippen LogP contribution is 2.41.